The van der Waals surface area contributed by atoms with Gasteiger partial charge in [-0.2, -0.15) is 11.8 Å². The van der Waals surface area contributed by atoms with E-state index < -0.39 is 0 Å². The second kappa shape index (κ2) is 6.89. The van der Waals surface area contributed by atoms with Crippen molar-refractivity contribution in [3.05, 3.63) is 0 Å². The summed E-state index contributed by atoms with van der Waals surface area (Å²) in [6, 6.07) is -0.0622. The highest BCUT2D eigenvalue weighted by Crippen LogP contribution is 2.13. The number of likely N-dealkylation sites (N-methyl/N-ethyl adjacent to an activating group) is 1. The summed E-state index contributed by atoms with van der Waals surface area (Å²) in [5.41, 5.74) is 0. The highest BCUT2D eigenvalue weighted by molar-refractivity contribution is 7.99. The molecule has 0 aromatic heterocycles. The maximum absolute atomic E-state index is 12.1. The molecule has 1 aliphatic heterocycles. The van der Waals surface area contributed by atoms with Gasteiger partial charge in [-0.1, -0.05) is 6.92 Å². The van der Waals surface area contributed by atoms with Crippen molar-refractivity contribution < 1.29 is 9.59 Å². The Balaban J connectivity index is 2.37. The van der Waals surface area contributed by atoms with Crippen LogP contribution in [-0.4, -0.2) is 47.4 Å². The minimum absolute atomic E-state index is 0.00839. The third kappa shape index (κ3) is 4.22. The Morgan fingerprint density at radius 1 is 1.65 bits per heavy atom. The van der Waals surface area contributed by atoms with Gasteiger partial charge in [0.2, 0.25) is 11.8 Å². The van der Waals surface area contributed by atoms with E-state index >= 15 is 0 Å². The lowest BCUT2D eigenvalue weighted by atomic mass is 10.1. The fourth-order valence-electron chi connectivity index (χ4n) is 1.85. The molecule has 1 rings (SSSR count). The number of amides is 2. The maximum atomic E-state index is 12.1. The third-order valence-electron chi connectivity index (χ3n) is 3.19. The van der Waals surface area contributed by atoms with Crippen LogP contribution in [0.15, 0.2) is 0 Å². The Hall–Kier alpha value is -0.710. The Morgan fingerprint density at radius 3 is 2.88 bits per heavy atom. The zero-order chi connectivity index (χ0) is 12.8. The predicted octanol–water partition coefficient (Wildman–Crippen LogP) is 1.26. The highest BCUT2D eigenvalue weighted by atomic mass is 32.2. The van der Waals surface area contributed by atoms with Gasteiger partial charge in [0.25, 0.3) is 0 Å². The van der Waals surface area contributed by atoms with Gasteiger partial charge >= 0.3 is 0 Å². The monoisotopic (exact) mass is 258 g/mol. The topological polar surface area (TPSA) is 49.4 Å². The molecule has 17 heavy (non-hydrogen) atoms. The van der Waals surface area contributed by atoms with Crippen molar-refractivity contribution >= 4 is 23.6 Å². The largest absolute Gasteiger partial charge is 0.344 e. The van der Waals surface area contributed by atoms with Gasteiger partial charge < -0.3 is 10.2 Å². The lowest BCUT2D eigenvalue weighted by Gasteiger charge is -2.27. The number of nitrogens with one attached hydrogen (secondary N) is 1. The molecule has 0 unspecified atom stereocenters. The molecular formula is C12H22N2O2S. The molecule has 5 heteroatoms. The first-order valence-corrected chi connectivity index (χ1v) is 7.35. The SMILES string of the molecule is CCSCC[C@@H](C)N(C)C(=O)[C@@H]1CCC(=O)N1. The maximum Gasteiger partial charge on any atom is 0.245 e. The van der Waals surface area contributed by atoms with Gasteiger partial charge in [-0.25, -0.2) is 0 Å². The van der Waals surface area contributed by atoms with E-state index in [4.69, 9.17) is 0 Å². The van der Waals surface area contributed by atoms with Crippen LogP contribution < -0.4 is 5.32 Å². The van der Waals surface area contributed by atoms with Gasteiger partial charge in [0.05, 0.1) is 0 Å². The van der Waals surface area contributed by atoms with Crippen LogP contribution in [0.3, 0.4) is 0 Å². The zero-order valence-corrected chi connectivity index (χ0v) is 11.7. The van der Waals surface area contributed by atoms with Gasteiger partial charge in [-0.3, -0.25) is 9.59 Å². The first kappa shape index (κ1) is 14.4. The molecule has 1 heterocycles. The number of hydrogen-bond acceptors (Lipinski definition) is 3. The van der Waals surface area contributed by atoms with Crippen LogP contribution in [0.25, 0.3) is 0 Å². The number of carbonyl (C=O) groups is 2. The van der Waals surface area contributed by atoms with Gasteiger partial charge in [-0.05, 0) is 31.3 Å². The van der Waals surface area contributed by atoms with E-state index in [2.05, 4.69) is 19.2 Å². The summed E-state index contributed by atoms with van der Waals surface area (Å²) in [7, 11) is 1.83. The summed E-state index contributed by atoms with van der Waals surface area (Å²) in [6.45, 7) is 4.20. The van der Waals surface area contributed by atoms with Crippen molar-refractivity contribution in [2.24, 2.45) is 0 Å². The van der Waals surface area contributed by atoms with Crippen molar-refractivity contribution in [2.75, 3.05) is 18.6 Å². The molecule has 2 amide bonds. The van der Waals surface area contributed by atoms with Gasteiger partial charge in [0, 0.05) is 19.5 Å². The van der Waals surface area contributed by atoms with Crippen LogP contribution in [0.4, 0.5) is 0 Å². The molecule has 0 spiro atoms. The summed E-state index contributed by atoms with van der Waals surface area (Å²) in [6.07, 6.45) is 2.12. The Morgan fingerprint density at radius 2 is 2.35 bits per heavy atom. The molecule has 0 bridgehead atoms. The average Bonchev–Trinajstić information content (AvgIpc) is 2.74. The van der Waals surface area contributed by atoms with Crippen LogP contribution in [0.2, 0.25) is 0 Å². The van der Waals surface area contributed by atoms with Crippen LogP contribution >= 0.6 is 11.8 Å². The van der Waals surface area contributed by atoms with Crippen molar-refractivity contribution in [3.63, 3.8) is 0 Å². The van der Waals surface area contributed by atoms with Crippen molar-refractivity contribution in [1.82, 2.24) is 10.2 Å². The normalized spacial score (nSPS) is 21.1. The Labute approximate surface area is 108 Å². The van der Waals surface area contributed by atoms with E-state index in [0.29, 0.717) is 12.8 Å². The first-order chi connectivity index (χ1) is 8.06. The molecule has 0 aromatic carbocycles. The average molecular weight is 258 g/mol. The summed E-state index contributed by atoms with van der Waals surface area (Å²) < 4.78 is 0. The third-order valence-corrected chi connectivity index (χ3v) is 4.12. The van der Waals surface area contributed by atoms with Crippen molar-refractivity contribution in [2.45, 2.75) is 45.2 Å². The van der Waals surface area contributed by atoms with Crippen LogP contribution in [-0.2, 0) is 9.59 Å². The molecule has 0 radical (unpaired) electrons. The molecule has 2 atom stereocenters. The zero-order valence-electron chi connectivity index (χ0n) is 10.9. The van der Waals surface area contributed by atoms with Gasteiger partial charge in [0.15, 0.2) is 0 Å². The van der Waals surface area contributed by atoms with E-state index in [1.807, 2.05) is 18.8 Å². The summed E-state index contributed by atoms with van der Waals surface area (Å²) in [4.78, 5) is 24.9. The molecule has 1 aliphatic rings. The summed E-state index contributed by atoms with van der Waals surface area (Å²) >= 11 is 1.89. The van der Waals surface area contributed by atoms with E-state index in [-0.39, 0.29) is 23.9 Å². The molecule has 1 fully saturated rings. The van der Waals surface area contributed by atoms with Gasteiger partial charge in [-0.15, -0.1) is 0 Å². The molecule has 0 aromatic rings. The molecule has 1 N–H and O–H groups in total. The second-order valence-electron chi connectivity index (χ2n) is 4.44. The minimum atomic E-state index is -0.297. The number of nitrogens with zero attached hydrogens (tertiary/aromatic N) is 1. The fraction of sp³-hybridized carbons (Fsp3) is 0.833. The summed E-state index contributed by atoms with van der Waals surface area (Å²) in [5, 5.41) is 2.72. The first-order valence-electron chi connectivity index (χ1n) is 6.20. The predicted molar refractivity (Wildman–Crippen MR) is 71.0 cm³/mol. The van der Waals surface area contributed by atoms with Crippen LogP contribution in [0.1, 0.15) is 33.1 Å². The van der Waals surface area contributed by atoms with Crippen LogP contribution in [0.5, 0.6) is 0 Å². The van der Waals surface area contributed by atoms with E-state index in [0.717, 1.165) is 17.9 Å². The standard InChI is InChI=1S/C12H22N2O2S/c1-4-17-8-7-9(2)14(3)12(16)10-5-6-11(15)13-10/h9-10H,4-8H2,1-3H3,(H,13,15)/t9-,10+/m1/s1. The molecule has 0 aliphatic carbocycles. The lowest BCUT2D eigenvalue weighted by Crippen LogP contribution is -2.46. The van der Waals surface area contributed by atoms with Crippen molar-refractivity contribution in [3.8, 4) is 0 Å². The Kier molecular flexibility index (Phi) is 5.82. The van der Waals surface area contributed by atoms with Crippen molar-refractivity contribution in [1.29, 1.82) is 0 Å². The number of thioether (sulfide) groups is 1. The molecule has 0 saturated carbocycles. The summed E-state index contributed by atoms with van der Waals surface area (Å²) in [5.74, 6) is 2.23. The number of carbonyl (C=O) groups excluding carboxylic acids is 2. The number of rotatable bonds is 6. The van der Waals surface area contributed by atoms with E-state index in [1.54, 1.807) is 4.90 Å². The Bertz CT molecular complexity index is 284. The smallest absolute Gasteiger partial charge is 0.245 e. The molecule has 4 nitrogen and oxygen atoms in total. The highest BCUT2D eigenvalue weighted by Gasteiger charge is 2.30. The second-order valence-corrected chi connectivity index (χ2v) is 5.84. The minimum Gasteiger partial charge on any atom is -0.344 e. The quantitative estimate of drug-likeness (QED) is 0.730. The van der Waals surface area contributed by atoms with Gasteiger partial charge in [0.1, 0.15) is 6.04 Å². The van der Waals surface area contributed by atoms with E-state index in [1.165, 1.54) is 0 Å². The fourth-order valence-corrected chi connectivity index (χ4v) is 2.65. The molecule has 98 valence electrons. The van der Waals surface area contributed by atoms with E-state index in [9.17, 15) is 9.59 Å². The number of hydrogen-bond donors (Lipinski definition) is 1. The van der Waals surface area contributed by atoms with Crippen LogP contribution in [0, 0.1) is 0 Å². The lowest BCUT2D eigenvalue weighted by molar-refractivity contribution is -0.134. The molecular weight excluding hydrogens is 236 g/mol. The molecule has 1 saturated heterocycles.